The Labute approximate surface area is 106 Å². The molecule has 0 spiro atoms. The molecule has 0 aromatic carbocycles. The fourth-order valence-electron chi connectivity index (χ4n) is 2.23. The van der Waals surface area contributed by atoms with E-state index >= 15 is 0 Å². The van der Waals surface area contributed by atoms with Crippen LogP contribution in [-0.2, 0) is 0 Å². The Balaban J connectivity index is 2.23. The van der Waals surface area contributed by atoms with Gasteiger partial charge >= 0.3 is 0 Å². The minimum Gasteiger partial charge on any atom is -0.395 e. The molecule has 1 rings (SSSR count). The summed E-state index contributed by atoms with van der Waals surface area (Å²) in [6.45, 7) is 10.1. The van der Waals surface area contributed by atoms with Gasteiger partial charge in [0, 0.05) is 18.6 Å². The van der Waals surface area contributed by atoms with Crippen molar-refractivity contribution in [2.45, 2.75) is 52.1 Å². The Morgan fingerprint density at radius 3 is 2.53 bits per heavy atom. The number of nitrogens with zero attached hydrogens (tertiary/aromatic N) is 1. The minimum absolute atomic E-state index is 0.258. The average Bonchev–Trinajstić information content (AvgIpc) is 2.34. The molecule has 0 amide bonds. The van der Waals surface area contributed by atoms with Gasteiger partial charge in [-0.05, 0) is 46.2 Å². The van der Waals surface area contributed by atoms with Crippen LogP contribution >= 0.6 is 0 Å². The lowest BCUT2D eigenvalue weighted by atomic mass is 10.0. The number of allylic oxidation sites excluding steroid dienone is 1. The number of hydrogen-bond donors (Lipinski definition) is 2. The van der Waals surface area contributed by atoms with Gasteiger partial charge in [-0.1, -0.05) is 18.6 Å². The van der Waals surface area contributed by atoms with Crippen molar-refractivity contribution in [1.82, 2.24) is 10.2 Å². The van der Waals surface area contributed by atoms with Gasteiger partial charge in [0.05, 0.1) is 6.61 Å². The van der Waals surface area contributed by atoms with E-state index in [1.165, 1.54) is 31.5 Å². The number of aliphatic hydroxyl groups excluding tert-OH is 1. The maximum atomic E-state index is 9.17. The highest BCUT2D eigenvalue weighted by atomic mass is 16.3. The number of nitrogens with one attached hydrogen (secondary N) is 1. The second-order valence-corrected chi connectivity index (χ2v) is 5.31. The molecule has 0 bridgehead atoms. The number of piperidine rings is 1. The van der Waals surface area contributed by atoms with Gasteiger partial charge < -0.3 is 10.4 Å². The molecule has 17 heavy (non-hydrogen) atoms. The van der Waals surface area contributed by atoms with E-state index in [4.69, 9.17) is 0 Å². The zero-order valence-corrected chi connectivity index (χ0v) is 11.6. The average molecular weight is 240 g/mol. The Morgan fingerprint density at radius 2 is 2.06 bits per heavy atom. The molecule has 1 saturated heterocycles. The van der Waals surface area contributed by atoms with Gasteiger partial charge in [0.15, 0.2) is 0 Å². The third-order valence-electron chi connectivity index (χ3n) is 3.53. The van der Waals surface area contributed by atoms with Crippen molar-refractivity contribution in [3.05, 3.63) is 11.6 Å². The van der Waals surface area contributed by atoms with E-state index in [0.29, 0.717) is 6.04 Å². The predicted molar refractivity (Wildman–Crippen MR) is 73.2 cm³/mol. The third-order valence-corrected chi connectivity index (χ3v) is 3.53. The highest BCUT2D eigenvalue weighted by molar-refractivity contribution is 4.95. The summed E-state index contributed by atoms with van der Waals surface area (Å²) in [5, 5.41) is 12.7. The number of aliphatic hydroxyl groups is 1. The van der Waals surface area contributed by atoms with Crippen molar-refractivity contribution in [2.75, 3.05) is 26.2 Å². The van der Waals surface area contributed by atoms with Gasteiger partial charge in [0.25, 0.3) is 0 Å². The van der Waals surface area contributed by atoms with Crippen molar-refractivity contribution >= 4 is 0 Å². The molecule has 0 aromatic rings. The van der Waals surface area contributed by atoms with Crippen LogP contribution in [0.3, 0.4) is 0 Å². The van der Waals surface area contributed by atoms with Gasteiger partial charge in [-0.2, -0.15) is 0 Å². The molecule has 0 aliphatic carbocycles. The second-order valence-electron chi connectivity index (χ2n) is 5.31. The van der Waals surface area contributed by atoms with Crippen LogP contribution in [0, 0.1) is 0 Å². The first-order valence-electron chi connectivity index (χ1n) is 6.88. The minimum atomic E-state index is 0.258. The van der Waals surface area contributed by atoms with E-state index in [0.717, 1.165) is 13.0 Å². The van der Waals surface area contributed by atoms with Gasteiger partial charge in [-0.15, -0.1) is 0 Å². The quantitative estimate of drug-likeness (QED) is 0.695. The lowest BCUT2D eigenvalue weighted by Gasteiger charge is -2.33. The lowest BCUT2D eigenvalue weighted by molar-refractivity contribution is 0.179. The van der Waals surface area contributed by atoms with Gasteiger partial charge in [-0.3, -0.25) is 4.90 Å². The monoisotopic (exact) mass is 240 g/mol. The largest absolute Gasteiger partial charge is 0.395 e. The van der Waals surface area contributed by atoms with Crippen molar-refractivity contribution in [3.8, 4) is 0 Å². The Kier molecular flexibility index (Phi) is 6.78. The van der Waals surface area contributed by atoms with E-state index in [2.05, 4.69) is 37.1 Å². The van der Waals surface area contributed by atoms with Gasteiger partial charge in [-0.25, -0.2) is 0 Å². The molecule has 1 unspecified atom stereocenters. The molecule has 3 heteroatoms. The normalized spacial score (nSPS) is 20.2. The smallest absolute Gasteiger partial charge is 0.0584 e. The summed E-state index contributed by atoms with van der Waals surface area (Å²) in [6.07, 6.45) is 5.71. The summed E-state index contributed by atoms with van der Waals surface area (Å²) in [7, 11) is 0. The molecule has 0 saturated carbocycles. The molecule has 1 heterocycles. The van der Waals surface area contributed by atoms with Gasteiger partial charge in [0.2, 0.25) is 0 Å². The molecular weight excluding hydrogens is 212 g/mol. The van der Waals surface area contributed by atoms with Crippen LogP contribution in [0.25, 0.3) is 0 Å². The van der Waals surface area contributed by atoms with E-state index in [9.17, 15) is 5.11 Å². The highest BCUT2D eigenvalue weighted by Gasteiger charge is 2.20. The highest BCUT2D eigenvalue weighted by Crippen LogP contribution is 2.11. The molecule has 0 radical (unpaired) electrons. The molecule has 2 N–H and O–H groups in total. The topological polar surface area (TPSA) is 35.5 Å². The van der Waals surface area contributed by atoms with Crippen LogP contribution in [0.5, 0.6) is 0 Å². The van der Waals surface area contributed by atoms with E-state index < -0.39 is 0 Å². The summed E-state index contributed by atoms with van der Waals surface area (Å²) in [5.74, 6) is 0. The molecule has 1 aliphatic heterocycles. The van der Waals surface area contributed by atoms with E-state index in [1.54, 1.807) is 0 Å². The zero-order valence-electron chi connectivity index (χ0n) is 11.6. The molecule has 1 atom stereocenters. The summed E-state index contributed by atoms with van der Waals surface area (Å²) < 4.78 is 0. The molecule has 0 aromatic heterocycles. The Morgan fingerprint density at radius 1 is 1.41 bits per heavy atom. The van der Waals surface area contributed by atoms with Crippen LogP contribution in [0.4, 0.5) is 0 Å². The van der Waals surface area contributed by atoms with Crippen LogP contribution in [0.15, 0.2) is 11.6 Å². The standard InChI is InChI=1S/C14H28N2O/c1-4-13(11-17)15-14-6-9-16(10-7-14)8-5-12(2)3/h5,13-15,17H,4,6-11H2,1-3H3. The predicted octanol–water partition coefficient (Wildman–Crippen LogP) is 1.78. The Bertz CT molecular complexity index is 224. The summed E-state index contributed by atoms with van der Waals surface area (Å²) in [4.78, 5) is 2.51. The second kappa shape index (κ2) is 7.85. The van der Waals surface area contributed by atoms with Crippen LogP contribution < -0.4 is 5.32 Å². The number of likely N-dealkylation sites (tertiary alicyclic amines) is 1. The fourth-order valence-corrected chi connectivity index (χ4v) is 2.23. The van der Waals surface area contributed by atoms with Crippen molar-refractivity contribution in [3.63, 3.8) is 0 Å². The SMILES string of the molecule is CCC(CO)NC1CCN(CC=C(C)C)CC1. The van der Waals surface area contributed by atoms with Crippen molar-refractivity contribution in [1.29, 1.82) is 0 Å². The maximum Gasteiger partial charge on any atom is 0.0584 e. The summed E-state index contributed by atoms with van der Waals surface area (Å²) in [5.41, 5.74) is 1.40. The lowest BCUT2D eigenvalue weighted by Crippen LogP contribution is -2.47. The van der Waals surface area contributed by atoms with Crippen molar-refractivity contribution < 1.29 is 5.11 Å². The van der Waals surface area contributed by atoms with Gasteiger partial charge in [0.1, 0.15) is 0 Å². The fraction of sp³-hybridized carbons (Fsp3) is 0.857. The summed E-state index contributed by atoms with van der Waals surface area (Å²) in [6, 6.07) is 0.874. The molecule has 1 fully saturated rings. The first-order chi connectivity index (χ1) is 8.15. The Hall–Kier alpha value is -0.380. The molecular formula is C14H28N2O. The van der Waals surface area contributed by atoms with E-state index in [-0.39, 0.29) is 12.6 Å². The van der Waals surface area contributed by atoms with Crippen molar-refractivity contribution in [2.24, 2.45) is 0 Å². The van der Waals surface area contributed by atoms with Crippen LogP contribution in [0.1, 0.15) is 40.0 Å². The zero-order chi connectivity index (χ0) is 12.7. The first-order valence-corrected chi connectivity index (χ1v) is 6.88. The summed E-state index contributed by atoms with van der Waals surface area (Å²) >= 11 is 0. The van der Waals surface area contributed by atoms with E-state index in [1.807, 2.05) is 0 Å². The number of hydrogen-bond acceptors (Lipinski definition) is 3. The first kappa shape index (κ1) is 14.7. The van der Waals surface area contributed by atoms with Crippen LogP contribution in [0.2, 0.25) is 0 Å². The van der Waals surface area contributed by atoms with Crippen LogP contribution in [-0.4, -0.2) is 48.3 Å². The molecule has 100 valence electrons. The maximum absolute atomic E-state index is 9.17. The molecule has 1 aliphatic rings. The number of rotatable bonds is 6. The molecule has 3 nitrogen and oxygen atoms in total. The third kappa shape index (κ3) is 5.66.